The Hall–Kier alpha value is -1.89. The Kier molecular flexibility index (Phi) is 4.62. The zero-order valence-corrected chi connectivity index (χ0v) is 12.8. The number of hydrogen-bond donors (Lipinski definition) is 1. The molecule has 0 saturated heterocycles. The summed E-state index contributed by atoms with van der Waals surface area (Å²) in [5.41, 5.74) is 1.55. The van der Waals surface area contributed by atoms with Gasteiger partial charge in [-0.3, -0.25) is 9.36 Å². The summed E-state index contributed by atoms with van der Waals surface area (Å²) >= 11 is 1.12. The van der Waals surface area contributed by atoms with Gasteiger partial charge in [0, 0.05) is 11.6 Å². The monoisotopic (exact) mass is 309 g/mol. The van der Waals surface area contributed by atoms with Gasteiger partial charge in [0.1, 0.15) is 5.82 Å². The van der Waals surface area contributed by atoms with Crippen molar-refractivity contribution in [3.63, 3.8) is 0 Å². The van der Waals surface area contributed by atoms with Crippen molar-refractivity contribution < 1.29 is 14.3 Å². The number of aliphatic carboxylic acids is 1. The molecule has 0 aliphatic carbocycles. The van der Waals surface area contributed by atoms with Crippen molar-refractivity contribution in [1.29, 1.82) is 0 Å². The van der Waals surface area contributed by atoms with Gasteiger partial charge in [0.15, 0.2) is 11.0 Å². The Balaban J connectivity index is 2.46. The smallest absolute Gasteiger partial charge is 0.313 e. The lowest BCUT2D eigenvalue weighted by atomic mass is 10.1. The predicted octanol–water partition coefficient (Wildman–Crippen LogP) is 3.15. The molecule has 0 amide bonds. The third-order valence-electron chi connectivity index (χ3n) is 2.94. The van der Waals surface area contributed by atoms with E-state index in [-0.39, 0.29) is 17.6 Å². The van der Waals surface area contributed by atoms with Gasteiger partial charge in [-0.2, -0.15) is 0 Å². The zero-order valence-electron chi connectivity index (χ0n) is 12.0. The van der Waals surface area contributed by atoms with E-state index in [0.717, 1.165) is 22.9 Å². The average Bonchev–Trinajstić information content (AvgIpc) is 2.80. The lowest BCUT2D eigenvalue weighted by molar-refractivity contribution is -0.133. The molecule has 112 valence electrons. The van der Waals surface area contributed by atoms with Gasteiger partial charge in [-0.05, 0) is 44.5 Å². The molecule has 7 heteroatoms. The number of carbonyl (C=O) groups is 1. The molecule has 0 aliphatic rings. The number of aryl methyl sites for hydroxylation is 1. The lowest BCUT2D eigenvalue weighted by Gasteiger charge is -2.14. The van der Waals surface area contributed by atoms with Crippen molar-refractivity contribution in [2.75, 3.05) is 5.75 Å². The number of carboxylic acids is 1. The number of nitrogens with zero attached hydrogens (tertiary/aromatic N) is 3. The lowest BCUT2D eigenvalue weighted by Crippen LogP contribution is -2.07. The van der Waals surface area contributed by atoms with Crippen molar-refractivity contribution in [2.45, 2.75) is 32.0 Å². The number of hydrogen-bond acceptors (Lipinski definition) is 4. The second-order valence-corrected chi connectivity index (χ2v) is 5.85. The molecule has 0 radical (unpaired) electrons. The normalized spacial score (nSPS) is 11.1. The molecule has 0 spiro atoms. The highest BCUT2D eigenvalue weighted by Crippen LogP contribution is 2.29. The van der Waals surface area contributed by atoms with Crippen LogP contribution in [0.15, 0.2) is 23.4 Å². The van der Waals surface area contributed by atoms with Crippen LogP contribution in [0.5, 0.6) is 0 Å². The van der Waals surface area contributed by atoms with Crippen LogP contribution < -0.4 is 0 Å². The summed E-state index contributed by atoms with van der Waals surface area (Å²) in [6.07, 6.45) is 0. The van der Waals surface area contributed by atoms with Crippen LogP contribution in [-0.4, -0.2) is 31.6 Å². The van der Waals surface area contributed by atoms with Crippen LogP contribution in [-0.2, 0) is 4.79 Å². The highest BCUT2D eigenvalue weighted by molar-refractivity contribution is 7.99. The van der Waals surface area contributed by atoms with Gasteiger partial charge in [0.2, 0.25) is 0 Å². The molecule has 0 fully saturated rings. The molecule has 0 aliphatic heterocycles. The van der Waals surface area contributed by atoms with Crippen LogP contribution in [0.25, 0.3) is 11.4 Å². The van der Waals surface area contributed by atoms with E-state index < -0.39 is 5.97 Å². The Morgan fingerprint density at radius 1 is 1.43 bits per heavy atom. The maximum atomic E-state index is 13.2. The molecule has 0 atom stereocenters. The summed E-state index contributed by atoms with van der Waals surface area (Å²) in [7, 11) is 0. The van der Waals surface area contributed by atoms with Gasteiger partial charge < -0.3 is 5.11 Å². The summed E-state index contributed by atoms with van der Waals surface area (Å²) in [6, 6.07) is 4.56. The van der Waals surface area contributed by atoms with Crippen molar-refractivity contribution in [1.82, 2.24) is 14.8 Å². The Morgan fingerprint density at radius 2 is 2.14 bits per heavy atom. The van der Waals surface area contributed by atoms with Gasteiger partial charge in [0.05, 0.1) is 5.75 Å². The van der Waals surface area contributed by atoms with Crippen LogP contribution in [0.4, 0.5) is 4.39 Å². The summed E-state index contributed by atoms with van der Waals surface area (Å²) in [4.78, 5) is 10.7. The van der Waals surface area contributed by atoms with Crippen LogP contribution in [0, 0.1) is 12.7 Å². The minimum Gasteiger partial charge on any atom is -0.481 e. The third kappa shape index (κ3) is 3.41. The summed E-state index contributed by atoms with van der Waals surface area (Å²) in [5.74, 6) is -0.659. The van der Waals surface area contributed by atoms with Crippen LogP contribution in [0.1, 0.15) is 25.5 Å². The van der Waals surface area contributed by atoms with Gasteiger partial charge in [0.25, 0.3) is 0 Å². The topological polar surface area (TPSA) is 68.0 Å². The minimum absolute atomic E-state index is 0.0655. The van der Waals surface area contributed by atoms with Crippen LogP contribution >= 0.6 is 11.8 Å². The van der Waals surface area contributed by atoms with Gasteiger partial charge in [-0.25, -0.2) is 4.39 Å². The predicted molar refractivity (Wildman–Crippen MR) is 78.9 cm³/mol. The summed E-state index contributed by atoms with van der Waals surface area (Å²) < 4.78 is 15.1. The molecular formula is C14H16FN3O2S. The second kappa shape index (κ2) is 6.26. The van der Waals surface area contributed by atoms with Crippen molar-refractivity contribution in [3.8, 4) is 11.4 Å². The molecule has 1 N–H and O–H groups in total. The Labute approximate surface area is 126 Å². The van der Waals surface area contributed by atoms with Gasteiger partial charge >= 0.3 is 5.97 Å². The van der Waals surface area contributed by atoms with Crippen LogP contribution in [0.2, 0.25) is 0 Å². The fraction of sp³-hybridized carbons (Fsp3) is 0.357. The van der Waals surface area contributed by atoms with Crippen LogP contribution in [0.3, 0.4) is 0 Å². The van der Waals surface area contributed by atoms with Gasteiger partial charge in [-0.15, -0.1) is 10.2 Å². The number of halogens is 1. The number of rotatable bonds is 5. The molecule has 2 rings (SSSR count). The molecule has 21 heavy (non-hydrogen) atoms. The number of benzene rings is 1. The van der Waals surface area contributed by atoms with E-state index in [4.69, 9.17) is 5.11 Å². The molecule has 0 unspecified atom stereocenters. The maximum Gasteiger partial charge on any atom is 0.313 e. The molecule has 0 saturated carbocycles. The number of carboxylic acid groups (broad SMARTS) is 1. The van der Waals surface area contributed by atoms with Crippen molar-refractivity contribution in [2.24, 2.45) is 0 Å². The maximum absolute atomic E-state index is 13.2. The SMILES string of the molecule is Cc1cc(F)ccc1-c1nnc(SCC(=O)O)n1C(C)C. The first-order valence-corrected chi connectivity index (χ1v) is 7.44. The van der Waals surface area contributed by atoms with E-state index in [9.17, 15) is 9.18 Å². The zero-order chi connectivity index (χ0) is 15.6. The van der Waals surface area contributed by atoms with E-state index >= 15 is 0 Å². The largest absolute Gasteiger partial charge is 0.481 e. The molecule has 1 heterocycles. The first-order chi connectivity index (χ1) is 9.90. The van der Waals surface area contributed by atoms with E-state index in [1.807, 2.05) is 25.3 Å². The fourth-order valence-electron chi connectivity index (χ4n) is 2.03. The number of thioether (sulfide) groups is 1. The highest BCUT2D eigenvalue weighted by Gasteiger charge is 2.19. The number of aromatic nitrogens is 3. The molecule has 0 bridgehead atoms. The second-order valence-electron chi connectivity index (χ2n) is 4.91. The van der Waals surface area contributed by atoms with Crippen molar-refractivity contribution in [3.05, 3.63) is 29.6 Å². The highest BCUT2D eigenvalue weighted by atomic mass is 32.2. The first kappa shape index (κ1) is 15.5. The van der Waals surface area contributed by atoms with Gasteiger partial charge in [-0.1, -0.05) is 11.8 Å². The summed E-state index contributed by atoms with van der Waals surface area (Å²) in [5, 5.41) is 17.6. The third-order valence-corrected chi connectivity index (χ3v) is 3.86. The average molecular weight is 309 g/mol. The molecule has 2 aromatic rings. The quantitative estimate of drug-likeness (QED) is 0.859. The molecule has 1 aromatic heterocycles. The molecule has 1 aromatic carbocycles. The molecular weight excluding hydrogens is 293 g/mol. The Morgan fingerprint density at radius 3 is 2.71 bits per heavy atom. The van der Waals surface area contributed by atoms with E-state index in [1.54, 1.807) is 6.07 Å². The minimum atomic E-state index is -0.905. The van der Waals surface area contributed by atoms with E-state index in [0.29, 0.717) is 11.0 Å². The first-order valence-electron chi connectivity index (χ1n) is 6.46. The van der Waals surface area contributed by atoms with Crippen molar-refractivity contribution >= 4 is 17.7 Å². The van der Waals surface area contributed by atoms with E-state index in [1.165, 1.54) is 12.1 Å². The van der Waals surface area contributed by atoms with E-state index in [2.05, 4.69) is 10.2 Å². The standard InChI is InChI=1S/C14H16FN3O2S/c1-8(2)18-13(11-5-4-10(15)6-9(11)3)16-17-14(18)21-7-12(19)20/h4-6,8H,7H2,1-3H3,(H,19,20). The fourth-order valence-corrected chi connectivity index (χ4v) is 2.82. The molecule has 5 nitrogen and oxygen atoms in total. The summed E-state index contributed by atoms with van der Waals surface area (Å²) in [6.45, 7) is 5.74. The Bertz CT molecular complexity index is 670.